The fourth-order valence-electron chi connectivity index (χ4n) is 2.21. The number of benzene rings is 1. The summed E-state index contributed by atoms with van der Waals surface area (Å²) in [5.41, 5.74) is 2.04. The van der Waals surface area contributed by atoms with E-state index in [4.69, 9.17) is 0 Å². The summed E-state index contributed by atoms with van der Waals surface area (Å²) in [6.07, 6.45) is 8.81. The number of hydrogen-bond donors (Lipinski definition) is 1. The van der Waals surface area contributed by atoms with E-state index in [1.165, 1.54) is 4.88 Å². The number of carbonyl (C=O) groups excluding carboxylic acids is 1. The van der Waals surface area contributed by atoms with Gasteiger partial charge in [-0.2, -0.15) is 11.8 Å². The predicted octanol–water partition coefficient (Wildman–Crippen LogP) is 4.00. The second-order valence-corrected chi connectivity index (χ2v) is 7.46. The maximum absolute atomic E-state index is 11.8. The SMILES string of the molecule is O=C(/C=C/c1ccc(-n2ccnc2)cc1)NCCSCc1cccs1. The zero-order valence-corrected chi connectivity index (χ0v) is 15.3. The van der Waals surface area contributed by atoms with Gasteiger partial charge in [0.2, 0.25) is 5.91 Å². The van der Waals surface area contributed by atoms with Crippen molar-refractivity contribution in [1.82, 2.24) is 14.9 Å². The number of amides is 1. The Labute approximate surface area is 155 Å². The van der Waals surface area contributed by atoms with E-state index in [0.29, 0.717) is 6.54 Å². The summed E-state index contributed by atoms with van der Waals surface area (Å²) >= 11 is 3.60. The van der Waals surface area contributed by atoms with E-state index in [0.717, 1.165) is 22.8 Å². The summed E-state index contributed by atoms with van der Waals surface area (Å²) in [6.45, 7) is 0.679. The minimum absolute atomic E-state index is 0.0598. The van der Waals surface area contributed by atoms with Crippen molar-refractivity contribution in [2.24, 2.45) is 0 Å². The van der Waals surface area contributed by atoms with Crippen molar-refractivity contribution in [2.45, 2.75) is 5.75 Å². The third-order valence-corrected chi connectivity index (χ3v) is 5.56. The number of carbonyl (C=O) groups is 1. The van der Waals surface area contributed by atoms with E-state index in [9.17, 15) is 4.79 Å². The van der Waals surface area contributed by atoms with Crippen molar-refractivity contribution in [2.75, 3.05) is 12.3 Å². The van der Waals surface area contributed by atoms with Crippen LogP contribution in [0.15, 0.2) is 66.6 Å². The molecule has 1 N–H and O–H groups in total. The molecule has 0 radical (unpaired) electrons. The van der Waals surface area contributed by atoms with Gasteiger partial charge in [0.05, 0.1) is 6.33 Å². The van der Waals surface area contributed by atoms with Crippen LogP contribution in [0.2, 0.25) is 0 Å². The Bertz CT molecular complexity index is 794. The predicted molar refractivity (Wildman–Crippen MR) is 106 cm³/mol. The monoisotopic (exact) mass is 369 g/mol. The number of hydrogen-bond acceptors (Lipinski definition) is 4. The first kappa shape index (κ1) is 17.5. The van der Waals surface area contributed by atoms with Gasteiger partial charge in [-0.3, -0.25) is 4.79 Å². The summed E-state index contributed by atoms with van der Waals surface area (Å²) in [4.78, 5) is 17.2. The molecule has 128 valence electrons. The molecule has 0 saturated heterocycles. The van der Waals surface area contributed by atoms with Crippen LogP contribution in [-0.4, -0.2) is 27.8 Å². The van der Waals surface area contributed by atoms with Crippen molar-refractivity contribution in [3.05, 3.63) is 77.0 Å². The number of rotatable bonds is 8. The third-order valence-electron chi connectivity index (χ3n) is 3.49. The van der Waals surface area contributed by atoms with Gasteiger partial charge in [-0.25, -0.2) is 4.98 Å². The second-order valence-electron chi connectivity index (χ2n) is 5.32. The van der Waals surface area contributed by atoms with Crippen LogP contribution in [0.5, 0.6) is 0 Å². The molecular formula is C19H19N3OS2. The number of thiophene rings is 1. The first-order chi connectivity index (χ1) is 12.3. The standard InChI is InChI=1S/C19H19N3OS2/c23-19(21-10-13-24-14-18-2-1-12-25-18)8-5-16-3-6-17(7-4-16)22-11-9-20-15-22/h1-9,11-12,15H,10,13-14H2,(H,21,23)/b8-5+. The molecule has 0 aliphatic heterocycles. The topological polar surface area (TPSA) is 46.9 Å². The van der Waals surface area contributed by atoms with Gasteiger partial charge in [0, 0.05) is 47.1 Å². The molecule has 2 heterocycles. The lowest BCUT2D eigenvalue weighted by Crippen LogP contribution is -2.23. The Hall–Kier alpha value is -2.31. The summed E-state index contributed by atoms with van der Waals surface area (Å²) in [6, 6.07) is 12.2. The molecule has 0 aliphatic rings. The number of nitrogens with one attached hydrogen (secondary N) is 1. The number of imidazole rings is 1. The highest BCUT2D eigenvalue weighted by atomic mass is 32.2. The van der Waals surface area contributed by atoms with Gasteiger partial charge in [-0.15, -0.1) is 11.3 Å². The van der Waals surface area contributed by atoms with Gasteiger partial charge >= 0.3 is 0 Å². The number of aromatic nitrogens is 2. The van der Waals surface area contributed by atoms with Crippen LogP contribution < -0.4 is 5.32 Å². The molecule has 0 unspecified atom stereocenters. The Morgan fingerprint density at radius 1 is 1.28 bits per heavy atom. The van der Waals surface area contributed by atoms with Gasteiger partial charge in [-0.1, -0.05) is 18.2 Å². The average Bonchev–Trinajstić information content (AvgIpc) is 3.34. The maximum atomic E-state index is 11.8. The van der Waals surface area contributed by atoms with Crippen LogP contribution >= 0.6 is 23.1 Å². The summed E-state index contributed by atoms with van der Waals surface area (Å²) in [5, 5.41) is 5.00. The fourth-order valence-corrected chi connectivity index (χ4v) is 3.91. The minimum atomic E-state index is -0.0598. The van der Waals surface area contributed by atoms with E-state index in [2.05, 4.69) is 27.8 Å². The first-order valence-electron chi connectivity index (χ1n) is 7.96. The lowest BCUT2D eigenvalue weighted by Gasteiger charge is -2.03. The van der Waals surface area contributed by atoms with Crippen molar-refractivity contribution in [3.8, 4) is 5.69 Å². The van der Waals surface area contributed by atoms with Gasteiger partial charge in [-0.05, 0) is 35.2 Å². The van der Waals surface area contributed by atoms with Gasteiger partial charge < -0.3 is 9.88 Å². The van der Waals surface area contributed by atoms with Gasteiger partial charge in [0.15, 0.2) is 0 Å². The molecule has 4 nitrogen and oxygen atoms in total. The third kappa shape index (κ3) is 5.62. The lowest BCUT2D eigenvalue weighted by molar-refractivity contribution is -0.116. The van der Waals surface area contributed by atoms with Crippen LogP contribution in [0.3, 0.4) is 0 Å². The van der Waals surface area contributed by atoms with E-state index in [-0.39, 0.29) is 5.91 Å². The number of nitrogens with zero attached hydrogens (tertiary/aromatic N) is 2. The molecule has 0 bridgehead atoms. The average molecular weight is 370 g/mol. The van der Waals surface area contributed by atoms with E-state index in [1.807, 2.05) is 52.9 Å². The summed E-state index contributed by atoms with van der Waals surface area (Å²) < 4.78 is 1.94. The van der Waals surface area contributed by atoms with E-state index in [1.54, 1.807) is 29.9 Å². The van der Waals surface area contributed by atoms with E-state index < -0.39 is 0 Å². The van der Waals surface area contributed by atoms with Crippen LogP contribution in [0, 0.1) is 0 Å². The molecule has 25 heavy (non-hydrogen) atoms. The molecular weight excluding hydrogens is 350 g/mol. The molecule has 6 heteroatoms. The molecule has 1 amide bonds. The molecule has 0 atom stereocenters. The van der Waals surface area contributed by atoms with Crippen molar-refractivity contribution < 1.29 is 4.79 Å². The van der Waals surface area contributed by atoms with Crippen LogP contribution in [0.1, 0.15) is 10.4 Å². The van der Waals surface area contributed by atoms with E-state index >= 15 is 0 Å². The Morgan fingerprint density at radius 2 is 2.16 bits per heavy atom. The maximum Gasteiger partial charge on any atom is 0.244 e. The normalized spacial score (nSPS) is 11.0. The number of thioether (sulfide) groups is 1. The van der Waals surface area contributed by atoms with Crippen molar-refractivity contribution in [3.63, 3.8) is 0 Å². The Kier molecular flexibility index (Phi) is 6.48. The van der Waals surface area contributed by atoms with Crippen LogP contribution in [0.25, 0.3) is 11.8 Å². The lowest BCUT2D eigenvalue weighted by atomic mass is 10.2. The molecule has 0 saturated carbocycles. The van der Waals surface area contributed by atoms with Gasteiger partial charge in [0.1, 0.15) is 0 Å². The molecule has 3 rings (SSSR count). The van der Waals surface area contributed by atoms with Crippen molar-refractivity contribution in [1.29, 1.82) is 0 Å². The molecule has 2 aromatic heterocycles. The smallest absolute Gasteiger partial charge is 0.244 e. The summed E-state index contributed by atoms with van der Waals surface area (Å²) in [7, 11) is 0. The Morgan fingerprint density at radius 3 is 2.88 bits per heavy atom. The highest BCUT2D eigenvalue weighted by Gasteiger charge is 1.98. The molecule has 3 aromatic rings. The quantitative estimate of drug-likeness (QED) is 0.482. The van der Waals surface area contributed by atoms with Crippen LogP contribution in [-0.2, 0) is 10.5 Å². The van der Waals surface area contributed by atoms with Gasteiger partial charge in [0.25, 0.3) is 0 Å². The fraction of sp³-hybridized carbons (Fsp3) is 0.158. The molecule has 0 fully saturated rings. The molecule has 1 aromatic carbocycles. The first-order valence-corrected chi connectivity index (χ1v) is 9.99. The molecule has 0 aliphatic carbocycles. The Balaban J connectivity index is 1.38. The van der Waals surface area contributed by atoms with Crippen molar-refractivity contribution >= 4 is 35.1 Å². The second kappa shape index (κ2) is 9.25. The largest absolute Gasteiger partial charge is 0.352 e. The van der Waals surface area contributed by atoms with Crippen LogP contribution in [0.4, 0.5) is 0 Å². The highest BCUT2D eigenvalue weighted by molar-refractivity contribution is 7.98. The zero-order chi connectivity index (χ0) is 17.3. The zero-order valence-electron chi connectivity index (χ0n) is 13.7. The summed E-state index contributed by atoms with van der Waals surface area (Å²) in [5.74, 6) is 1.86. The molecule has 0 spiro atoms. The minimum Gasteiger partial charge on any atom is -0.352 e. The highest BCUT2D eigenvalue weighted by Crippen LogP contribution is 2.16.